The zero-order chi connectivity index (χ0) is 19.4. The number of methoxy groups -OCH3 is 1. The van der Waals surface area contributed by atoms with Gasteiger partial charge >= 0.3 is 0 Å². The topological polar surface area (TPSA) is 41.9 Å². The number of benzene rings is 2. The highest BCUT2D eigenvalue weighted by molar-refractivity contribution is 5.85. The average molecular weight is 410 g/mol. The lowest BCUT2D eigenvalue weighted by Gasteiger charge is -2.35. The van der Waals surface area contributed by atoms with Crippen molar-refractivity contribution in [2.24, 2.45) is 0 Å². The highest BCUT2D eigenvalue weighted by Gasteiger charge is 2.32. The summed E-state index contributed by atoms with van der Waals surface area (Å²) >= 11 is 0. The molecule has 0 saturated heterocycles. The number of fused-ring (bicyclic) bond motifs is 1. The normalized spacial score (nSPS) is 13.8. The molecule has 0 radical (unpaired) electrons. The third kappa shape index (κ3) is 4.96. The van der Waals surface area contributed by atoms with E-state index in [1.807, 2.05) is 24.3 Å². The highest BCUT2D eigenvalue weighted by atomic mass is 35.5. The molecule has 0 aromatic heterocycles. The first-order chi connectivity index (χ1) is 12.9. The van der Waals surface area contributed by atoms with E-state index in [1.165, 1.54) is 5.56 Å². The van der Waals surface area contributed by atoms with Crippen LogP contribution in [0.3, 0.4) is 0 Å². The molecule has 28 heavy (non-hydrogen) atoms. The second-order valence-corrected chi connectivity index (χ2v) is 7.60. The van der Waals surface area contributed by atoms with E-state index in [0.717, 1.165) is 30.5 Å². The number of aliphatic hydroxyl groups excluding tert-OH is 1. The van der Waals surface area contributed by atoms with E-state index in [4.69, 9.17) is 14.6 Å². The van der Waals surface area contributed by atoms with Gasteiger partial charge in [0.25, 0.3) is 0 Å². The van der Waals surface area contributed by atoms with Gasteiger partial charge in [-0.3, -0.25) is 4.90 Å². The van der Waals surface area contributed by atoms with E-state index < -0.39 is 0 Å². The predicted molar refractivity (Wildman–Crippen MR) is 111 cm³/mol. The summed E-state index contributed by atoms with van der Waals surface area (Å²) in [7, 11) is 1.62. The van der Waals surface area contributed by atoms with E-state index >= 15 is 0 Å². The van der Waals surface area contributed by atoms with Gasteiger partial charge in [-0.2, -0.15) is 0 Å². The minimum atomic E-state index is -0.103. The SMILES string of the molecule is COc1cc(CCC(C)(C)N2Cc3cccc(F)c3C2)ccc1OCCO.Cl. The molecule has 0 spiro atoms. The summed E-state index contributed by atoms with van der Waals surface area (Å²) in [5.41, 5.74) is 3.04. The molecule has 154 valence electrons. The Bertz CT molecular complexity index is 797. The van der Waals surface area contributed by atoms with Crippen molar-refractivity contribution in [3.05, 3.63) is 58.9 Å². The van der Waals surface area contributed by atoms with Crippen LogP contribution in [0.2, 0.25) is 0 Å². The molecule has 2 aromatic rings. The van der Waals surface area contributed by atoms with E-state index in [2.05, 4.69) is 18.7 Å². The smallest absolute Gasteiger partial charge is 0.161 e. The fourth-order valence-electron chi connectivity index (χ4n) is 3.56. The molecule has 1 aliphatic rings. The zero-order valence-corrected chi connectivity index (χ0v) is 17.5. The molecule has 0 fully saturated rings. The summed E-state index contributed by atoms with van der Waals surface area (Å²) in [6.45, 7) is 6.09. The lowest BCUT2D eigenvalue weighted by molar-refractivity contribution is 0.109. The van der Waals surface area contributed by atoms with Crippen molar-refractivity contribution >= 4 is 12.4 Å². The van der Waals surface area contributed by atoms with Crippen LogP contribution in [0.4, 0.5) is 4.39 Å². The summed E-state index contributed by atoms with van der Waals surface area (Å²) in [5, 5.41) is 8.91. The van der Waals surface area contributed by atoms with Gasteiger partial charge in [0.15, 0.2) is 11.5 Å². The van der Waals surface area contributed by atoms with E-state index in [0.29, 0.717) is 18.0 Å². The van der Waals surface area contributed by atoms with Gasteiger partial charge in [0, 0.05) is 24.2 Å². The van der Waals surface area contributed by atoms with Gasteiger partial charge in [0.2, 0.25) is 0 Å². The van der Waals surface area contributed by atoms with Crippen molar-refractivity contribution in [2.75, 3.05) is 20.3 Å². The van der Waals surface area contributed by atoms with Crippen molar-refractivity contribution in [3.63, 3.8) is 0 Å². The fourth-order valence-corrected chi connectivity index (χ4v) is 3.56. The monoisotopic (exact) mass is 409 g/mol. The molecule has 1 N–H and O–H groups in total. The van der Waals surface area contributed by atoms with Crippen LogP contribution >= 0.6 is 12.4 Å². The number of nitrogens with zero attached hydrogens (tertiary/aromatic N) is 1. The molecule has 1 heterocycles. The molecule has 1 aliphatic heterocycles. The molecular formula is C22H29ClFNO3. The minimum Gasteiger partial charge on any atom is -0.493 e. The van der Waals surface area contributed by atoms with E-state index in [-0.39, 0.29) is 37.0 Å². The zero-order valence-electron chi connectivity index (χ0n) is 16.7. The number of rotatable bonds is 8. The van der Waals surface area contributed by atoms with Gasteiger partial charge < -0.3 is 14.6 Å². The highest BCUT2D eigenvalue weighted by Crippen LogP contribution is 2.34. The largest absolute Gasteiger partial charge is 0.493 e. The van der Waals surface area contributed by atoms with Crippen molar-refractivity contribution in [1.29, 1.82) is 0 Å². The van der Waals surface area contributed by atoms with Crippen LogP contribution in [-0.4, -0.2) is 35.9 Å². The van der Waals surface area contributed by atoms with Crippen LogP contribution in [0.1, 0.15) is 37.0 Å². The standard InChI is InChI=1S/C22H28FNO3.ClH/c1-22(2,24-14-17-5-4-6-19(23)18(17)15-24)10-9-16-7-8-20(27-12-11-25)21(13-16)26-3;/h4-8,13,25H,9-12,14-15H2,1-3H3;1H. The summed E-state index contributed by atoms with van der Waals surface area (Å²) in [4.78, 5) is 2.34. The number of aryl methyl sites for hydroxylation is 1. The number of aliphatic hydroxyl groups is 1. The number of halogens is 2. The number of hydrogen-bond donors (Lipinski definition) is 1. The molecule has 0 bridgehead atoms. The molecule has 0 atom stereocenters. The number of hydrogen-bond acceptors (Lipinski definition) is 4. The van der Waals surface area contributed by atoms with Gasteiger partial charge in [-0.1, -0.05) is 18.2 Å². The molecule has 3 rings (SSSR count). The second kappa shape index (κ2) is 9.59. The van der Waals surface area contributed by atoms with Crippen LogP contribution < -0.4 is 9.47 Å². The first kappa shape index (κ1) is 22.5. The molecular weight excluding hydrogens is 381 g/mol. The Labute approximate surface area is 172 Å². The number of ether oxygens (including phenoxy) is 2. The Kier molecular flexibility index (Phi) is 7.70. The summed E-state index contributed by atoms with van der Waals surface area (Å²) in [5.74, 6) is 1.21. The maximum Gasteiger partial charge on any atom is 0.161 e. The Hall–Kier alpha value is -1.82. The molecule has 0 saturated carbocycles. The maximum atomic E-state index is 14.0. The van der Waals surface area contributed by atoms with Crippen molar-refractivity contribution in [3.8, 4) is 11.5 Å². The van der Waals surface area contributed by atoms with Gasteiger partial charge in [-0.15, -0.1) is 12.4 Å². The average Bonchev–Trinajstić information content (AvgIpc) is 3.12. The molecule has 0 unspecified atom stereocenters. The van der Waals surface area contributed by atoms with Crippen molar-refractivity contribution in [1.82, 2.24) is 4.90 Å². The Morgan fingerprint density at radius 3 is 2.61 bits per heavy atom. The van der Waals surface area contributed by atoms with Crippen LogP contribution in [0.25, 0.3) is 0 Å². The van der Waals surface area contributed by atoms with E-state index in [9.17, 15) is 4.39 Å². The van der Waals surface area contributed by atoms with Crippen LogP contribution in [-0.2, 0) is 19.5 Å². The van der Waals surface area contributed by atoms with Gasteiger partial charge in [0.05, 0.1) is 13.7 Å². The van der Waals surface area contributed by atoms with Gasteiger partial charge in [-0.25, -0.2) is 4.39 Å². The van der Waals surface area contributed by atoms with Gasteiger partial charge in [-0.05, 0) is 56.0 Å². The molecule has 4 nitrogen and oxygen atoms in total. The quantitative estimate of drug-likeness (QED) is 0.703. The fraction of sp³-hybridized carbons (Fsp3) is 0.455. The lowest BCUT2D eigenvalue weighted by Crippen LogP contribution is -2.40. The minimum absolute atomic E-state index is 0. The summed E-state index contributed by atoms with van der Waals surface area (Å²) in [6, 6.07) is 11.3. The first-order valence-corrected chi connectivity index (χ1v) is 9.36. The van der Waals surface area contributed by atoms with Crippen LogP contribution in [0.5, 0.6) is 11.5 Å². The van der Waals surface area contributed by atoms with Crippen molar-refractivity contribution in [2.45, 2.75) is 45.3 Å². The Morgan fingerprint density at radius 1 is 1.14 bits per heavy atom. The Morgan fingerprint density at radius 2 is 1.93 bits per heavy atom. The third-order valence-electron chi connectivity index (χ3n) is 5.38. The van der Waals surface area contributed by atoms with E-state index in [1.54, 1.807) is 19.2 Å². The maximum absolute atomic E-state index is 14.0. The second-order valence-electron chi connectivity index (χ2n) is 7.60. The third-order valence-corrected chi connectivity index (χ3v) is 5.38. The first-order valence-electron chi connectivity index (χ1n) is 9.36. The van der Waals surface area contributed by atoms with Gasteiger partial charge in [0.1, 0.15) is 12.4 Å². The summed E-state index contributed by atoms with van der Waals surface area (Å²) in [6.07, 6.45) is 1.83. The van der Waals surface area contributed by atoms with Crippen molar-refractivity contribution < 1.29 is 19.0 Å². The van der Waals surface area contributed by atoms with Crippen LogP contribution in [0, 0.1) is 5.82 Å². The molecule has 0 amide bonds. The van der Waals surface area contributed by atoms with Crippen LogP contribution in [0.15, 0.2) is 36.4 Å². The lowest BCUT2D eigenvalue weighted by atomic mass is 9.93. The molecule has 6 heteroatoms. The molecule has 0 aliphatic carbocycles. The summed E-state index contributed by atoms with van der Waals surface area (Å²) < 4.78 is 24.9. The molecule has 2 aromatic carbocycles. The predicted octanol–water partition coefficient (Wildman–Crippen LogP) is 4.35. The Balaban J connectivity index is 0.00000280.